The lowest BCUT2D eigenvalue weighted by Crippen LogP contribution is -2.30. The minimum atomic E-state index is -0.313. The van der Waals surface area contributed by atoms with Gasteiger partial charge in [0.05, 0.1) is 11.9 Å². The van der Waals surface area contributed by atoms with Crippen LogP contribution in [-0.4, -0.2) is 58.9 Å². The molecular weight excluding hydrogens is 525 g/mol. The number of nitrogens with one attached hydrogen (secondary N) is 2. The molecular formula is C35H52FN5O. The Labute approximate surface area is 252 Å². The highest BCUT2D eigenvalue weighted by Crippen LogP contribution is 2.53. The fourth-order valence-electron chi connectivity index (χ4n) is 5.12. The van der Waals surface area contributed by atoms with Gasteiger partial charge in [-0.3, -0.25) is 9.78 Å². The van der Waals surface area contributed by atoms with E-state index in [-0.39, 0.29) is 5.82 Å². The van der Waals surface area contributed by atoms with Gasteiger partial charge in [0.1, 0.15) is 17.1 Å². The summed E-state index contributed by atoms with van der Waals surface area (Å²) in [5.41, 5.74) is 3.24. The number of carbonyl (C=O) groups excluding carboxylic acids is 1. The summed E-state index contributed by atoms with van der Waals surface area (Å²) in [6.45, 7) is 12.1. The highest BCUT2D eigenvalue weighted by Gasteiger charge is 2.43. The molecule has 2 aromatic heterocycles. The number of halogens is 1. The van der Waals surface area contributed by atoms with Crippen molar-refractivity contribution in [3.63, 3.8) is 0 Å². The van der Waals surface area contributed by atoms with Crippen molar-refractivity contribution in [1.29, 1.82) is 0 Å². The number of imidazole rings is 1. The molecule has 1 aliphatic heterocycles. The van der Waals surface area contributed by atoms with Gasteiger partial charge in [-0.05, 0) is 97.1 Å². The number of ketones is 1. The highest BCUT2D eigenvalue weighted by atomic mass is 19.1. The summed E-state index contributed by atoms with van der Waals surface area (Å²) in [6.07, 6.45) is 15.8. The quantitative estimate of drug-likeness (QED) is 0.180. The number of carbonyl (C=O) groups is 1. The maximum absolute atomic E-state index is 14.9. The van der Waals surface area contributed by atoms with Gasteiger partial charge >= 0.3 is 0 Å². The molecule has 1 spiro atoms. The van der Waals surface area contributed by atoms with E-state index in [2.05, 4.69) is 38.8 Å². The average Bonchev–Trinajstić information content (AvgIpc) is 3.61. The Morgan fingerprint density at radius 3 is 2.45 bits per heavy atom. The number of unbranched alkanes of at least 4 members (excludes halogenated alkanes) is 3. The molecule has 2 aliphatic rings. The first-order valence-corrected chi connectivity index (χ1v) is 15.8. The molecule has 7 heteroatoms. The average molecular weight is 578 g/mol. The van der Waals surface area contributed by atoms with Gasteiger partial charge in [0, 0.05) is 41.9 Å². The second kappa shape index (κ2) is 16.7. The molecule has 42 heavy (non-hydrogen) atoms. The SMILES string of the molecule is C=CC(C)NC.CCC(=O)CCCCCCc1ncc(-c2ccc3ccc(C)nc3c2F)[nH]1.CN1CCC2(CC1)CC2. The van der Waals surface area contributed by atoms with Crippen LogP contribution in [0.3, 0.4) is 0 Å². The van der Waals surface area contributed by atoms with Gasteiger partial charge in [0.2, 0.25) is 0 Å². The van der Waals surface area contributed by atoms with Crippen molar-refractivity contribution in [3.05, 3.63) is 60.5 Å². The highest BCUT2D eigenvalue weighted by molar-refractivity contribution is 5.84. The molecule has 5 rings (SSSR count). The molecule has 1 aliphatic carbocycles. The first kappa shape index (κ1) is 33.6. The molecule has 6 nitrogen and oxygen atoms in total. The second-order valence-electron chi connectivity index (χ2n) is 12.1. The topological polar surface area (TPSA) is 73.9 Å². The maximum atomic E-state index is 14.9. The molecule has 0 amide bonds. The number of aromatic nitrogens is 3. The number of fused-ring (bicyclic) bond motifs is 1. The Balaban J connectivity index is 0.000000261. The van der Waals surface area contributed by atoms with Crippen LogP contribution in [0.1, 0.15) is 89.6 Å². The van der Waals surface area contributed by atoms with Gasteiger partial charge in [0.25, 0.3) is 0 Å². The van der Waals surface area contributed by atoms with Gasteiger partial charge in [-0.2, -0.15) is 0 Å². The summed E-state index contributed by atoms with van der Waals surface area (Å²) in [5, 5.41) is 3.79. The van der Waals surface area contributed by atoms with Crippen LogP contribution in [0.4, 0.5) is 4.39 Å². The number of nitrogens with zero attached hydrogens (tertiary/aromatic N) is 3. The normalized spacial score (nSPS) is 16.2. The van der Waals surface area contributed by atoms with Crippen LogP contribution >= 0.6 is 0 Å². The molecule has 1 saturated carbocycles. The van der Waals surface area contributed by atoms with Crippen LogP contribution in [-0.2, 0) is 11.2 Å². The number of aromatic amines is 1. The van der Waals surface area contributed by atoms with E-state index in [9.17, 15) is 9.18 Å². The molecule has 1 aromatic carbocycles. The Hall–Kier alpha value is -2.90. The molecule has 2 fully saturated rings. The van der Waals surface area contributed by atoms with Crippen molar-refractivity contribution in [2.24, 2.45) is 5.41 Å². The molecule has 1 saturated heterocycles. The summed E-state index contributed by atoms with van der Waals surface area (Å²) in [7, 11) is 4.14. The largest absolute Gasteiger partial charge is 0.342 e. The minimum absolute atomic E-state index is 0.313. The van der Waals surface area contributed by atoms with E-state index in [0.717, 1.165) is 54.4 Å². The van der Waals surface area contributed by atoms with E-state index in [0.29, 0.717) is 41.4 Å². The Bertz CT molecular complexity index is 1270. The van der Waals surface area contributed by atoms with Gasteiger partial charge in [-0.1, -0.05) is 38.0 Å². The molecule has 230 valence electrons. The van der Waals surface area contributed by atoms with E-state index < -0.39 is 0 Å². The van der Waals surface area contributed by atoms with Gasteiger partial charge in [0.15, 0.2) is 5.82 Å². The lowest BCUT2D eigenvalue weighted by Gasteiger charge is -2.28. The van der Waals surface area contributed by atoms with Crippen LogP contribution in [0.15, 0.2) is 43.1 Å². The van der Waals surface area contributed by atoms with E-state index in [1.54, 1.807) is 12.3 Å². The van der Waals surface area contributed by atoms with Crippen molar-refractivity contribution in [2.45, 2.75) is 97.4 Å². The third kappa shape index (κ3) is 10.4. The standard InChI is InChI=1S/C22H26FN3O.C8H15N.C5H11N/c1-3-17(27)8-6-4-5-7-9-20-24-14-19(26-20)18-13-12-16-11-10-15(2)25-22(16)21(18)23;1-9-6-4-8(2-3-8)5-7-9;1-4-5(2)6-3/h10-14H,3-9H2,1-2H3,(H,24,26);2-7H2,1H3;4-6H,1H2,2-3H3. The van der Waals surface area contributed by atoms with Crippen molar-refractivity contribution in [2.75, 3.05) is 27.2 Å². The Kier molecular flexibility index (Phi) is 13.3. The number of pyridine rings is 1. The molecule has 2 N–H and O–H groups in total. The smallest absolute Gasteiger partial charge is 0.158 e. The first-order chi connectivity index (χ1) is 20.2. The Morgan fingerprint density at radius 2 is 1.83 bits per heavy atom. The van der Waals surface area contributed by atoms with Crippen molar-refractivity contribution in [1.82, 2.24) is 25.2 Å². The number of likely N-dealkylation sites (tertiary alicyclic amines) is 1. The number of Topliss-reactive ketones (excluding diaryl/α,β-unsaturated/α-hetero) is 1. The van der Waals surface area contributed by atoms with Crippen molar-refractivity contribution in [3.8, 4) is 11.3 Å². The predicted octanol–water partition coefficient (Wildman–Crippen LogP) is 7.82. The van der Waals surface area contributed by atoms with E-state index in [1.165, 1.54) is 38.8 Å². The lowest BCUT2D eigenvalue weighted by molar-refractivity contribution is -0.118. The predicted molar refractivity (Wildman–Crippen MR) is 173 cm³/mol. The number of hydrogen-bond donors (Lipinski definition) is 2. The summed E-state index contributed by atoms with van der Waals surface area (Å²) in [5.74, 6) is 0.895. The van der Waals surface area contributed by atoms with Crippen LogP contribution in [0.25, 0.3) is 22.2 Å². The van der Waals surface area contributed by atoms with Gasteiger partial charge in [-0.25, -0.2) is 9.37 Å². The first-order valence-electron chi connectivity index (χ1n) is 15.8. The second-order valence-corrected chi connectivity index (χ2v) is 12.1. The molecule has 1 unspecified atom stereocenters. The van der Waals surface area contributed by atoms with Crippen LogP contribution < -0.4 is 5.32 Å². The summed E-state index contributed by atoms with van der Waals surface area (Å²) < 4.78 is 14.9. The van der Waals surface area contributed by atoms with Gasteiger partial charge in [-0.15, -0.1) is 6.58 Å². The fourth-order valence-corrected chi connectivity index (χ4v) is 5.12. The van der Waals surface area contributed by atoms with Crippen molar-refractivity contribution >= 4 is 16.7 Å². The lowest BCUT2D eigenvalue weighted by atomic mass is 9.94. The third-order valence-electron chi connectivity index (χ3n) is 8.69. The molecule has 0 radical (unpaired) electrons. The molecule has 3 aromatic rings. The van der Waals surface area contributed by atoms with E-state index in [4.69, 9.17) is 0 Å². The zero-order valence-corrected chi connectivity index (χ0v) is 26.6. The molecule has 1 atom stereocenters. The summed E-state index contributed by atoms with van der Waals surface area (Å²) in [6, 6.07) is 7.88. The molecule has 0 bridgehead atoms. The van der Waals surface area contributed by atoms with Crippen LogP contribution in [0, 0.1) is 18.2 Å². The monoisotopic (exact) mass is 577 g/mol. The number of H-pyrrole nitrogens is 1. The van der Waals surface area contributed by atoms with Crippen LogP contribution in [0.5, 0.6) is 0 Å². The van der Waals surface area contributed by atoms with Crippen LogP contribution in [0.2, 0.25) is 0 Å². The number of likely N-dealkylation sites (N-methyl/N-ethyl adjacent to an activating group) is 1. The number of piperidine rings is 1. The zero-order chi connectivity index (χ0) is 30.5. The number of hydrogen-bond acceptors (Lipinski definition) is 5. The summed E-state index contributed by atoms with van der Waals surface area (Å²) in [4.78, 5) is 25.7. The fraction of sp³-hybridized carbons (Fsp3) is 0.571. The number of benzene rings is 1. The Morgan fingerprint density at radius 1 is 1.14 bits per heavy atom. The third-order valence-corrected chi connectivity index (χ3v) is 8.69. The number of aryl methyl sites for hydroxylation is 2. The minimum Gasteiger partial charge on any atom is -0.342 e. The van der Waals surface area contributed by atoms with E-state index in [1.807, 2.05) is 52.1 Å². The summed E-state index contributed by atoms with van der Waals surface area (Å²) >= 11 is 0. The zero-order valence-electron chi connectivity index (χ0n) is 26.6. The number of rotatable bonds is 11. The molecule has 3 heterocycles. The van der Waals surface area contributed by atoms with E-state index >= 15 is 0 Å². The van der Waals surface area contributed by atoms with Crippen molar-refractivity contribution < 1.29 is 9.18 Å². The maximum Gasteiger partial charge on any atom is 0.158 e. The van der Waals surface area contributed by atoms with Gasteiger partial charge < -0.3 is 15.2 Å².